The van der Waals surface area contributed by atoms with Crippen LogP contribution in [0.2, 0.25) is 0 Å². The van der Waals surface area contributed by atoms with Crippen LogP contribution in [0.15, 0.2) is 30.3 Å². The van der Waals surface area contributed by atoms with Crippen molar-refractivity contribution in [3.05, 3.63) is 47.3 Å². The van der Waals surface area contributed by atoms with Crippen molar-refractivity contribution in [2.45, 2.75) is 19.5 Å². The second-order valence-corrected chi connectivity index (χ2v) is 5.59. The number of para-hydroxylation sites is 1. The number of rotatable bonds is 7. The SMILES string of the molecule is COC(=O)c1cc(C(=O)OC)n(CC(=O)NC(C)c2ccccc2OC)n1. The van der Waals surface area contributed by atoms with Crippen LogP contribution in [0.5, 0.6) is 5.75 Å². The van der Waals surface area contributed by atoms with Crippen LogP contribution in [0.4, 0.5) is 0 Å². The van der Waals surface area contributed by atoms with Gasteiger partial charge in [-0.25, -0.2) is 14.3 Å². The van der Waals surface area contributed by atoms with E-state index in [1.54, 1.807) is 20.1 Å². The quantitative estimate of drug-likeness (QED) is 0.728. The van der Waals surface area contributed by atoms with E-state index >= 15 is 0 Å². The van der Waals surface area contributed by atoms with Gasteiger partial charge < -0.3 is 19.5 Å². The van der Waals surface area contributed by atoms with Gasteiger partial charge in [0.25, 0.3) is 0 Å². The van der Waals surface area contributed by atoms with E-state index in [-0.39, 0.29) is 24.0 Å². The first-order valence-corrected chi connectivity index (χ1v) is 8.08. The molecule has 0 bridgehead atoms. The Hall–Kier alpha value is -3.36. The summed E-state index contributed by atoms with van der Waals surface area (Å²) in [5, 5.41) is 6.77. The molecule has 144 valence electrons. The maximum atomic E-state index is 12.4. The van der Waals surface area contributed by atoms with E-state index in [0.717, 1.165) is 10.2 Å². The molecule has 1 unspecified atom stereocenters. The first kappa shape index (κ1) is 20.0. The Morgan fingerprint density at radius 3 is 2.41 bits per heavy atom. The second kappa shape index (κ2) is 8.84. The van der Waals surface area contributed by atoms with Gasteiger partial charge in [-0.2, -0.15) is 5.10 Å². The largest absolute Gasteiger partial charge is 0.496 e. The maximum Gasteiger partial charge on any atom is 0.358 e. The molecule has 0 radical (unpaired) electrons. The molecule has 0 spiro atoms. The molecular weight excluding hydrogens is 354 g/mol. The average molecular weight is 375 g/mol. The van der Waals surface area contributed by atoms with Gasteiger partial charge in [0.05, 0.1) is 27.4 Å². The number of carbonyl (C=O) groups is 3. The molecule has 1 amide bonds. The lowest BCUT2D eigenvalue weighted by Crippen LogP contribution is -2.31. The second-order valence-electron chi connectivity index (χ2n) is 5.59. The molecule has 0 aliphatic carbocycles. The Labute approximate surface area is 156 Å². The Kier molecular flexibility index (Phi) is 6.53. The van der Waals surface area contributed by atoms with E-state index < -0.39 is 17.8 Å². The Morgan fingerprint density at radius 2 is 1.78 bits per heavy atom. The molecule has 1 aromatic carbocycles. The molecule has 0 aliphatic heterocycles. The van der Waals surface area contributed by atoms with Crippen molar-refractivity contribution in [2.75, 3.05) is 21.3 Å². The zero-order valence-electron chi connectivity index (χ0n) is 15.5. The van der Waals surface area contributed by atoms with Gasteiger partial charge in [0, 0.05) is 11.6 Å². The van der Waals surface area contributed by atoms with Gasteiger partial charge in [-0.1, -0.05) is 18.2 Å². The first-order valence-electron chi connectivity index (χ1n) is 8.08. The Balaban J connectivity index is 2.18. The summed E-state index contributed by atoms with van der Waals surface area (Å²) in [4.78, 5) is 36.0. The summed E-state index contributed by atoms with van der Waals surface area (Å²) in [5.74, 6) is -1.20. The molecule has 1 N–H and O–H groups in total. The fraction of sp³-hybridized carbons (Fsp3) is 0.333. The highest BCUT2D eigenvalue weighted by Crippen LogP contribution is 2.24. The fourth-order valence-corrected chi connectivity index (χ4v) is 2.54. The number of amides is 1. The van der Waals surface area contributed by atoms with Crippen molar-refractivity contribution in [3.63, 3.8) is 0 Å². The summed E-state index contributed by atoms with van der Waals surface area (Å²) in [5.41, 5.74) is 0.679. The van der Waals surface area contributed by atoms with E-state index in [9.17, 15) is 14.4 Å². The summed E-state index contributed by atoms with van der Waals surface area (Å²) in [6.07, 6.45) is 0. The minimum Gasteiger partial charge on any atom is -0.496 e. The fourth-order valence-electron chi connectivity index (χ4n) is 2.54. The molecule has 0 saturated heterocycles. The number of hydrogen-bond donors (Lipinski definition) is 1. The first-order chi connectivity index (χ1) is 12.9. The molecule has 1 aromatic heterocycles. The number of ether oxygens (including phenoxy) is 3. The Bertz CT molecular complexity index is 845. The maximum absolute atomic E-state index is 12.4. The van der Waals surface area contributed by atoms with E-state index in [1.807, 2.05) is 18.2 Å². The van der Waals surface area contributed by atoms with Crippen molar-refractivity contribution in [3.8, 4) is 5.75 Å². The van der Waals surface area contributed by atoms with Crippen LogP contribution >= 0.6 is 0 Å². The third-order valence-corrected chi connectivity index (χ3v) is 3.85. The summed E-state index contributed by atoms with van der Waals surface area (Å²) >= 11 is 0. The smallest absolute Gasteiger partial charge is 0.358 e. The number of hydrogen-bond acceptors (Lipinski definition) is 7. The zero-order chi connectivity index (χ0) is 20.0. The number of methoxy groups -OCH3 is 3. The summed E-state index contributed by atoms with van der Waals surface area (Å²) in [6, 6.07) is 8.18. The van der Waals surface area contributed by atoms with Crippen LogP contribution < -0.4 is 10.1 Å². The van der Waals surface area contributed by atoms with Crippen molar-refractivity contribution in [1.29, 1.82) is 0 Å². The molecule has 9 nitrogen and oxygen atoms in total. The molecule has 1 atom stereocenters. The van der Waals surface area contributed by atoms with Crippen LogP contribution in [-0.2, 0) is 20.8 Å². The van der Waals surface area contributed by atoms with Crippen LogP contribution in [0, 0.1) is 0 Å². The van der Waals surface area contributed by atoms with Gasteiger partial charge in [0.15, 0.2) is 5.69 Å². The number of esters is 2. The van der Waals surface area contributed by atoms with Crippen LogP contribution in [0.25, 0.3) is 0 Å². The highest BCUT2D eigenvalue weighted by molar-refractivity contribution is 5.93. The normalized spacial score (nSPS) is 11.4. The van der Waals surface area contributed by atoms with Gasteiger partial charge in [-0.15, -0.1) is 0 Å². The highest BCUT2D eigenvalue weighted by atomic mass is 16.5. The van der Waals surface area contributed by atoms with Gasteiger partial charge >= 0.3 is 11.9 Å². The summed E-state index contributed by atoms with van der Waals surface area (Å²) in [6.45, 7) is 1.53. The molecule has 0 saturated carbocycles. The van der Waals surface area contributed by atoms with E-state index in [4.69, 9.17) is 4.74 Å². The third kappa shape index (κ3) is 4.63. The minimum atomic E-state index is -0.721. The summed E-state index contributed by atoms with van der Waals surface area (Å²) in [7, 11) is 3.94. The van der Waals surface area contributed by atoms with Gasteiger partial charge in [-0.05, 0) is 13.0 Å². The van der Waals surface area contributed by atoms with E-state index in [1.165, 1.54) is 20.3 Å². The third-order valence-electron chi connectivity index (χ3n) is 3.85. The molecule has 0 aliphatic rings. The van der Waals surface area contributed by atoms with Crippen LogP contribution in [-0.4, -0.2) is 49.0 Å². The lowest BCUT2D eigenvalue weighted by molar-refractivity contribution is -0.122. The minimum absolute atomic E-state index is 0.0296. The van der Waals surface area contributed by atoms with Gasteiger partial charge in [0.2, 0.25) is 5.91 Å². The molecule has 2 aromatic rings. The standard InChI is InChI=1S/C18H21N3O6/c1-11(12-7-5-6-8-15(12)25-2)19-16(22)10-21-14(18(24)27-4)9-13(20-21)17(23)26-3/h5-9,11H,10H2,1-4H3,(H,19,22). The van der Waals surface area contributed by atoms with Crippen molar-refractivity contribution < 1.29 is 28.6 Å². The predicted octanol–water partition coefficient (Wildman–Crippen LogP) is 1.34. The highest BCUT2D eigenvalue weighted by Gasteiger charge is 2.22. The monoisotopic (exact) mass is 375 g/mol. The molecule has 2 rings (SSSR count). The van der Waals surface area contributed by atoms with Crippen molar-refractivity contribution in [2.24, 2.45) is 0 Å². The van der Waals surface area contributed by atoms with E-state index in [2.05, 4.69) is 19.9 Å². The van der Waals surface area contributed by atoms with Gasteiger partial charge in [-0.3, -0.25) is 4.79 Å². The molecule has 27 heavy (non-hydrogen) atoms. The molecule has 9 heteroatoms. The van der Waals surface area contributed by atoms with Crippen LogP contribution in [0.3, 0.4) is 0 Å². The number of nitrogens with zero attached hydrogens (tertiary/aromatic N) is 2. The molecule has 0 fully saturated rings. The lowest BCUT2D eigenvalue weighted by atomic mass is 10.1. The molecular formula is C18H21N3O6. The van der Waals surface area contributed by atoms with Gasteiger partial charge in [0.1, 0.15) is 18.0 Å². The van der Waals surface area contributed by atoms with Crippen LogP contribution in [0.1, 0.15) is 39.5 Å². The topological polar surface area (TPSA) is 109 Å². The Morgan fingerprint density at radius 1 is 1.11 bits per heavy atom. The van der Waals surface area contributed by atoms with E-state index in [0.29, 0.717) is 5.75 Å². The number of nitrogens with one attached hydrogen (secondary N) is 1. The lowest BCUT2D eigenvalue weighted by Gasteiger charge is -2.17. The zero-order valence-corrected chi connectivity index (χ0v) is 15.5. The number of benzene rings is 1. The van der Waals surface area contributed by atoms with Crippen molar-refractivity contribution >= 4 is 17.8 Å². The predicted molar refractivity (Wildman–Crippen MR) is 94.5 cm³/mol. The number of carbonyl (C=O) groups excluding carboxylic acids is 3. The molecule has 1 heterocycles. The van der Waals surface area contributed by atoms with Crippen molar-refractivity contribution in [1.82, 2.24) is 15.1 Å². The number of aromatic nitrogens is 2. The summed E-state index contributed by atoms with van der Waals surface area (Å²) < 4.78 is 15.6. The average Bonchev–Trinajstić information content (AvgIpc) is 3.10.